The van der Waals surface area contributed by atoms with Gasteiger partial charge in [-0.3, -0.25) is 14.3 Å². The van der Waals surface area contributed by atoms with Gasteiger partial charge in [-0.15, -0.1) is 0 Å². The van der Waals surface area contributed by atoms with Gasteiger partial charge in [0.05, 0.1) is 0 Å². The first-order valence-electron chi connectivity index (χ1n) is 7.26. The normalized spacial score (nSPS) is 11.0. The van der Waals surface area contributed by atoms with Crippen molar-refractivity contribution in [3.63, 3.8) is 0 Å². The molecule has 1 heterocycles. The van der Waals surface area contributed by atoms with Gasteiger partial charge in [0.15, 0.2) is 0 Å². The Morgan fingerprint density at radius 2 is 1.85 bits per heavy atom. The van der Waals surface area contributed by atoms with Crippen LogP contribution < -0.4 is 22.3 Å². The molecular formula is C14H26N4O2. The lowest BCUT2D eigenvalue weighted by molar-refractivity contribution is 0.523. The summed E-state index contributed by atoms with van der Waals surface area (Å²) in [5.41, 5.74) is 5.10. The third-order valence-electron chi connectivity index (χ3n) is 3.38. The zero-order valence-corrected chi connectivity index (χ0v) is 12.7. The summed E-state index contributed by atoms with van der Waals surface area (Å²) in [5.74, 6) is 0.940. The minimum atomic E-state index is -0.494. The Balaban J connectivity index is 2.38. The van der Waals surface area contributed by atoms with Crippen LogP contribution in [0.1, 0.15) is 46.0 Å². The maximum Gasteiger partial charge on any atom is 0.329 e. The molecule has 0 bridgehead atoms. The predicted octanol–water partition coefficient (Wildman–Crippen LogP) is 1.67. The number of unbranched alkanes of at least 4 members (excludes halogenated alkanes) is 3. The molecule has 0 saturated heterocycles. The Morgan fingerprint density at radius 1 is 1.20 bits per heavy atom. The number of hydrogen-bond donors (Lipinski definition) is 3. The van der Waals surface area contributed by atoms with Crippen LogP contribution in [0, 0.1) is 5.92 Å². The molecule has 0 aromatic carbocycles. The van der Waals surface area contributed by atoms with E-state index in [4.69, 9.17) is 5.73 Å². The molecule has 20 heavy (non-hydrogen) atoms. The highest BCUT2D eigenvalue weighted by Crippen LogP contribution is 2.11. The first-order valence-corrected chi connectivity index (χ1v) is 7.26. The maximum absolute atomic E-state index is 11.6. The fraction of sp³-hybridized carbons (Fsp3) is 0.714. The minimum absolute atomic E-state index is 0.179. The van der Waals surface area contributed by atoms with Gasteiger partial charge in [-0.25, -0.2) is 4.79 Å². The third kappa shape index (κ3) is 4.75. The molecule has 0 aliphatic rings. The number of aromatic amines is 1. The van der Waals surface area contributed by atoms with Crippen molar-refractivity contribution >= 4 is 11.5 Å². The molecule has 114 valence electrons. The maximum atomic E-state index is 11.6. The number of nitrogens with one attached hydrogen (secondary N) is 2. The van der Waals surface area contributed by atoms with Gasteiger partial charge in [0, 0.05) is 13.6 Å². The number of anilines is 2. The number of nitrogens with zero attached hydrogens (tertiary/aromatic N) is 1. The molecule has 1 rings (SSSR count). The quantitative estimate of drug-likeness (QED) is 0.632. The molecule has 0 aliphatic carbocycles. The highest BCUT2D eigenvalue weighted by atomic mass is 16.2. The molecule has 0 saturated carbocycles. The van der Waals surface area contributed by atoms with Crippen LogP contribution in [0.2, 0.25) is 0 Å². The molecule has 1 aromatic heterocycles. The van der Waals surface area contributed by atoms with Crippen LogP contribution >= 0.6 is 0 Å². The zero-order chi connectivity index (χ0) is 15.1. The average molecular weight is 282 g/mol. The molecule has 0 unspecified atom stereocenters. The van der Waals surface area contributed by atoms with Crippen molar-refractivity contribution in [2.24, 2.45) is 13.0 Å². The zero-order valence-electron chi connectivity index (χ0n) is 12.7. The lowest BCUT2D eigenvalue weighted by Gasteiger charge is -2.10. The van der Waals surface area contributed by atoms with E-state index in [9.17, 15) is 9.59 Å². The Hall–Kier alpha value is -1.72. The van der Waals surface area contributed by atoms with Gasteiger partial charge in [0.2, 0.25) is 0 Å². The lowest BCUT2D eigenvalue weighted by atomic mass is 10.0. The summed E-state index contributed by atoms with van der Waals surface area (Å²) in [6.07, 6.45) is 5.84. The van der Waals surface area contributed by atoms with E-state index in [1.807, 2.05) is 0 Å². The van der Waals surface area contributed by atoms with E-state index in [2.05, 4.69) is 24.1 Å². The molecule has 0 spiro atoms. The Bertz CT molecular complexity index is 531. The van der Waals surface area contributed by atoms with Crippen molar-refractivity contribution in [3.8, 4) is 0 Å². The molecule has 0 radical (unpaired) electrons. The number of aromatic nitrogens is 2. The number of nitrogens with two attached hydrogens (primary N) is 1. The summed E-state index contributed by atoms with van der Waals surface area (Å²) in [7, 11) is 1.53. The van der Waals surface area contributed by atoms with Crippen LogP contribution in [0.15, 0.2) is 9.59 Å². The summed E-state index contributed by atoms with van der Waals surface area (Å²) < 4.78 is 1.23. The summed E-state index contributed by atoms with van der Waals surface area (Å²) >= 11 is 0. The second-order valence-electron chi connectivity index (χ2n) is 5.60. The molecule has 6 nitrogen and oxygen atoms in total. The van der Waals surface area contributed by atoms with E-state index < -0.39 is 11.2 Å². The lowest BCUT2D eigenvalue weighted by Crippen LogP contribution is -2.32. The van der Waals surface area contributed by atoms with E-state index >= 15 is 0 Å². The molecule has 0 aliphatic heterocycles. The Labute approximate surface area is 119 Å². The molecule has 4 N–H and O–H groups in total. The van der Waals surface area contributed by atoms with Crippen LogP contribution in [-0.2, 0) is 7.05 Å². The number of nitrogen functional groups attached to an aromatic ring is 1. The predicted molar refractivity (Wildman–Crippen MR) is 83.1 cm³/mol. The largest absolute Gasteiger partial charge is 0.383 e. The molecule has 0 fully saturated rings. The van der Waals surface area contributed by atoms with Crippen LogP contribution in [0.5, 0.6) is 0 Å². The van der Waals surface area contributed by atoms with Crippen LogP contribution in [0.4, 0.5) is 11.5 Å². The van der Waals surface area contributed by atoms with E-state index in [1.54, 1.807) is 0 Å². The Morgan fingerprint density at radius 3 is 2.50 bits per heavy atom. The van der Waals surface area contributed by atoms with Gasteiger partial charge in [0.25, 0.3) is 5.56 Å². The van der Waals surface area contributed by atoms with E-state index in [0.717, 1.165) is 18.8 Å². The minimum Gasteiger partial charge on any atom is -0.383 e. The fourth-order valence-electron chi connectivity index (χ4n) is 2.05. The summed E-state index contributed by atoms with van der Waals surface area (Å²) in [5, 5.41) is 3.02. The van der Waals surface area contributed by atoms with Crippen LogP contribution in [-0.4, -0.2) is 16.1 Å². The van der Waals surface area contributed by atoms with Crippen LogP contribution in [0.3, 0.4) is 0 Å². The van der Waals surface area contributed by atoms with Gasteiger partial charge < -0.3 is 11.1 Å². The number of rotatable bonds is 8. The molecule has 1 aromatic rings. The highest BCUT2D eigenvalue weighted by molar-refractivity contribution is 5.60. The van der Waals surface area contributed by atoms with Gasteiger partial charge in [-0.1, -0.05) is 39.5 Å². The van der Waals surface area contributed by atoms with Crippen molar-refractivity contribution < 1.29 is 0 Å². The second kappa shape index (κ2) is 7.77. The molecule has 6 heteroatoms. The molecule has 0 amide bonds. The summed E-state index contributed by atoms with van der Waals surface area (Å²) in [6.45, 7) is 5.15. The topological polar surface area (TPSA) is 92.9 Å². The van der Waals surface area contributed by atoms with E-state index in [0.29, 0.717) is 6.54 Å². The third-order valence-corrected chi connectivity index (χ3v) is 3.38. The van der Waals surface area contributed by atoms with E-state index in [-0.39, 0.29) is 11.5 Å². The van der Waals surface area contributed by atoms with Crippen molar-refractivity contribution in [2.75, 3.05) is 17.6 Å². The SMILES string of the molecule is CC(C)CCCCCCNc1c(N)n(C)c(=O)[nH]c1=O. The average Bonchev–Trinajstić information content (AvgIpc) is 2.38. The van der Waals surface area contributed by atoms with Crippen molar-refractivity contribution in [3.05, 3.63) is 20.8 Å². The Kier molecular flexibility index (Phi) is 6.35. The fourth-order valence-corrected chi connectivity index (χ4v) is 2.05. The van der Waals surface area contributed by atoms with Gasteiger partial charge >= 0.3 is 5.69 Å². The first-order chi connectivity index (χ1) is 9.43. The van der Waals surface area contributed by atoms with Crippen molar-refractivity contribution in [1.29, 1.82) is 0 Å². The summed E-state index contributed by atoms with van der Waals surface area (Å²) in [6, 6.07) is 0. The van der Waals surface area contributed by atoms with Gasteiger partial charge in [-0.05, 0) is 12.3 Å². The first kappa shape index (κ1) is 16.3. The van der Waals surface area contributed by atoms with Crippen molar-refractivity contribution in [1.82, 2.24) is 9.55 Å². The summed E-state index contributed by atoms with van der Waals surface area (Å²) in [4.78, 5) is 25.2. The number of hydrogen-bond acceptors (Lipinski definition) is 4. The molecular weight excluding hydrogens is 256 g/mol. The smallest absolute Gasteiger partial charge is 0.329 e. The molecule has 0 atom stereocenters. The van der Waals surface area contributed by atoms with Crippen molar-refractivity contribution in [2.45, 2.75) is 46.0 Å². The highest BCUT2D eigenvalue weighted by Gasteiger charge is 2.08. The van der Waals surface area contributed by atoms with Crippen LogP contribution in [0.25, 0.3) is 0 Å². The standard InChI is InChI=1S/C14H26N4O2/c1-10(2)8-6-4-5-7-9-16-11-12(15)18(3)14(20)17-13(11)19/h10,16H,4-9,15H2,1-3H3,(H,17,19,20). The number of H-pyrrole nitrogens is 1. The van der Waals surface area contributed by atoms with E-state index in [1.165, 1.54) is 30.9 Å². The van der Waals surface area contributed by atoms with Gasteiger partial charge in [-0.2, -0.15) is 0 Å². The monoisotopic (exact) mass is 282 g/mol. The van der Waals surface area contributed by atoms with Gasteiger partial charge in [0.1, 0.15) is 11.5 Å². The second-order valence-corrected chi connectivity index (χ2v) is 5.60.